The van der Waals surface area contributed by atoms with Crippen molar-refractivity contribution in [3.8, 4) is 5.75 Å². The van der Waals surface area contributed by atoms with Crippen LogP contribution in [0.5, 0.6) is 5.75 Å². The Morgan fingerprint density at radius 2 is 1.86 bits per heavy atom. The molecule has 0 fully saturated rings. The van der Waals surface area contributed by atoms with Crippen LogP contribution in [0.15, 0.2) is 42.5 Å². The molecule has 0 aliphatic heterocycles. The smallest absolute Gasteiger partial charge is 0.416 e. The van der Waals surface area contributed by atoms with Gasteiger partial charge >= 0.3 is 12.1 Å². The molecule has 1 N–H and O–H groups in total. The molecular weight excluding hydrogens is 382 g/mol. The zero-order valence-electron chi connectivity index (χ0n) is 15.0. The maximum absolute atomic E-state index is 13.6. The highest BCUT2D eigenvalue weighted by Crippen LogP contribution is 2.30. The van der Waals surface area contributed by atoms with Crippen molar-refractivity contribution in [2.24, 2.45) is 0 Å². The molecular formula is C19H17F4NO4. The van der Waals surface area contributed by atoms with E-state index in [2.05, 4.69) is 5.32 Å². The fraction of sp³-hybridized carbons (Fsp3) is 0.263. The molecule has 0 saturated heterocycles. The summed E-state index contributed by atoms with van der Waals surface area (Å²) < 4.78 is 61.5. The normalized spacial score (nSPS) is 12.2. The van der Waals surface area contributed by atoms with Crippen molar-refractivity contribution in [2.75, 3.05) is 12.4 Å². The van der Waals surface area contributed by atoms with E-state index in [1.165, 1.54) is 32.2 Å². The van der Waals surface area contributed by atoms with E-state index in [-0.39, 0.29) is 17.9 Å². The number of rotatable bonds is 6. The lowest BCUT2D eigenvalue weighted by Gasteiger charge is -2.15. The van der Waals surface area contributed by atoms with Crippen LogP contribution in [0.3, 0.4) is 0 Å². The number of carbonyl (C=O) groups excluding carboxylic acids is 2. The molecule has 0 radical (unpaired) electrons. The monoisotopic (exact) mass is 399 g/mol. The molecule has 9 heteroatoms. The van der Waals surface area contributed by atoms with E-state index in [4.69, 9.17) is 9.47 Å². The molecule has 1 amide bonds. The molecule has 2 rings (SSSR count). The highest BCUT2D eigenvalue weighted by atomic mass is 19.4. The number of ether oxygens (including phenoxy) is 2. The highest BCUT2D eigenvalue weighted by Gasteiger charge is 2.30. The van der Waals surface area contributed by atoms with E-state index in [1.54, 1.807) is 0 Å². The molecule has 0 aromatic heterocycles. The van der Waals surface area contributed by atoms with Gasteiger partial charge in [-0.05, 0) is 42.8 Å². The maximum atomic E-state index is 13.6. The predicted octanol–water partition coefficient (Wildman–Crippen LogP) is 3.97. The van der Waals surface area contributed by atoms with Crippen molar-refractivity contribution in [3.05, 3.63) is 59.4 Å². The van der Waals surface area contributed by atoms with Gasteiger partial charge in [0, 0.05) is 5.69 Å². The highest BCUT2D eigenvalue weighted by molar-refractivity contribution is 5.95. The van der Waals surface area contributed by atoms with Crippen molar-refractivity contribution in [3.63, 3.8) is 0 Å². The van der Waals surface area contributed by atoms with Gasteiger partial charge in [-0.2, -0.15) is 13.2 Å². The second-order valence-electron chi connectivity index (χ2n) is 5.85. The van der Waals surface area contributed by atoms with Crippen LogP contribution in [0, 0.1) is 5.82 Å². The fourth-order valence-electron chi connectivity index (χ4n) is 2.30. The summed E-state index contributed by atoms with van der Waals surface area (Å²) in [6, 6.07) is 7.99. The number of nitrogens with one attached hydrogen (secondary N) is 1. The lowest BCUT2D eigenvalue weighted by Crippen LogP contribution is -2.30. The summed E-state index contributed by atoms with van der Waals surface area (Å²) in [4.78, 5) is 24.0. The van der Waals surface area contributed by atoms with Crippen LogP contribution in [-0.2, 0) is 26.9 Å². The number of carbonyl (C=O) groups is 2. The summed E-state index contributed by atoms with van der Waals surface area (Å²) >= 11 is 0. The Hall–Kier alpha value is -3.10. The van der Waals surface area contributed by atoms with E-state index in [9.17, 15) is 27.2 Å². The van der Waals surface area contributed by atoms with E-state index >= 15 is 0 Å². The third kappa shape index (κ3) is 5.70. The number of alkyl halides is 3. The summed E-state index contributed by atoms with van der Waals surface area (Å²) in [5.74, 6) is -2.22. The quantitative estimate of drug-likeness (QED) is 0.590. The molecule has 2 aromatic rings. The number of benzene rings is 2. The number of methoxy groups -OCH3 is 1. The van der Waals surface area contributed by atoms with Gasteiger partial charge in [0.15, 0.2) is 17.7 Å². The number of amides is 1. The molecule has 1 atom stereocenters. The molecule has 0 heterocycles. The Kier molecular flexibility index (Phi) is 6.61. The van der Waals surface area contributed by atoms with Gasteiger partial charge in [0.25, 0.3) is 5.91 Å². The number of esters is 1. The minimum Gasteiger partial charge on any atom is -0.494 e. The van der Waals surface area contributed by atoms with Crippen molar-refractivity contribution < 1.29 is 36.6 Å². The average Bonchev–Trinajstić information content (AvgIpc) is 2.61. The Balaban J connectivity index is 1.95. The summed E-state index contributed by atoms with van der Waals surface area (Å²) in [5, 5.41) is 2.25. The molecule has 0 bridgehead atoms. The molecule has 0 saturated carbocycles. The summed E-state index contributed by atoms with van der Waals surface area (Å²) in [5.41, 5.74) is -0.690. The molecule has 0 unspecified atom stereocenters. The summed E-state index contributed by atoms with van der Waals surface area (Å²) in [7, 11) is 1.30. The van der Waals surface area contributed by atoms with Gasteiger partial charge in [-0.3, -0.25) is 9.59 Å². The third-order valence-corrected chi connectivity index (χ3v) is 3.70. The second kappa shape index (κ2) is 8.73. The Bertz CT molecular complexity index is 867. The second-order valence-corrected chi connectivity index (χ2v) is 5.85. The van der Waals surface area contributed by atoms with Gasteiger partial charge in [-0.25, -0.2) is 4.39 Å². The zero-order chi connectivity index (χ0) is 20.9. The minimum atomic E-state index is -4.55. The van der Waals surface area contributed by atoms with Crippen LogP contribution in [-0.4, -0.2) is 25.1 Å². The van der Waals surface area contributed by atoms with Crippen LogP contribution < -0.4 is 10.1 Å². The SMILES string of the molecule is COc1ccc(CC(=O)O[C@@H](C)C(=O)Nc2cccc(C(F)(F)F)c2)cc1F. The summed E-state index contributed by atoms with van der Waals surface area (Å²) in [6.45, 7) is 1.27. The van der Waals surface area contributed by atoms with Gasteiger partial charge in [0.05, 0.1) is 19.1 Å². The van der Waals surface area contributed by atoms with Crippen molar-refractivity contribution in [2.45, 2.75) is 25.6 Å². The Morgan fingerprint density at radius 1 is 1.14 bits per heavy atom. The van der Waals surface area contributed by atoms with E-state index in [0.29, 0.717) is 5.56 Å². The minimum absolute atomic E-state index is 0.0194. The van der Waals surface area contributed by atoms with Crippen LogP contribution in [0.1, 0.15) is 18.1 Å². The first-order valence-electron chi connectivity index (χ1n) is 8.10. The molecule has 2 aromatic carbocycles. The van der Waals surface area contributed by atoms with Crippen LogP contribution in [0.2, 0.25) is 0 Å². The van der Waals surface area contributed by atoms with Gasteiger partial charge in [0.1, 0.15) is 0 Å². The van der Waals surface area contributed by atoms with E-state index in [0.717, 1.165) is 24.3 Å². The van der Waals surface area contributed by atoms with Crippen molar-refractivity contribution in [1.29, 1.82) is 0 Å². The van der Waals surface area contributed by atoms with Gasteiger partial charge in [0.2, 0.25) is 0 Å². The number of anilines is 1. The standard InChI is InChI=1S/C19H17F4NO4/c1-11(18(26)24-14-5-3-4-13(10-14)19(21,22)23)28-17(25)9-12-6-7-16(27-2)15(20)8-12/h3-8,10-11H,9H2,1-2H3,(H,24,26)/t11-/m0/s1. The molecule has 0 aliphatic carbocycles. The number of hydrogen-bond acceptors (Lipinski definition) is 4. The molecule has 150 valence electrons. The molecule has 0 spiro atoms. The predicted molar refractivity (Wildman–Crippen MR) is 92.3 cm³/mol. The first kappa shape index (κ1) is 21.2. The number of hydrogen-bond donors (Lipinski definition) is 1. The van der Waals surface area contributed by atoms with Gasteiger partial charge in [-0.15, -0.1) is 0 Å². The fourth-order valence-corrected chi connectivity index (χ4v) is 2.30. The molecule has 28 heavy (non-hydrogen) atoms. The van der Waals surface area contributed by atoms with Gasteiger partial charge < -0.3 is 14.8 Å². The van der Waals surface area contributed by atoms with Crippen molar-refractivity contribution in [1.82, 2.24) is 0 Å². The first-order chi connectivity index (χ1) is 13.1. The van der Waals surface area contributed by atoms with Crippen molar-refractivity contribution >= 4 is 17.6 Å². The summed E-state index contributed by atoms with van der Waals surface area (Å²) in [6.07, 6.45) is -6.10. The average molecular weight is 399 g/mol. The van der Waals surface area contributed by atoms with E-state index in [1.807, 2.05) is 0 Å². The van der Waals surface area contributed by atoms with Gasteiger partial charge in [-0.1, -0.05) is 12.1 Å². The lowest BCUT2D eigenvalue weighted by molar-refractivity contribution is -0.152. The molecule has 0 aliphatic rings. The topological polar surface area (TPSA) is 64.6 Å². The largest absolute Gasteiger partial charge is 0.494 e. The number of halogens is 4. The van der Waals surface area contributed by atoms with Crippen LogP contribution in [0.25, 0.3) is 0 Å². The third-order valence-electron chi connectivity index (χ3n) is 3.70. The van der Waals surface area contributed by atoms with E-state index < -0.39 is 35.5 Å². The Morgan fingerprint density at radius 3 is 2.46 bits per heavy atom. The van der Waals surface area contributed by atoms with Crippen LogP contribution >= 0.6 is 0 Å². The molecule has 5 nitrogen and oxygen atoms in total. The first-order valence-corrected chi connectivity index (χ1v) is 8.10. The maximum Gasteiger partial charge on any atom is 0.416 e. The lowest BCUT2D eigenvalue weighted by atomic mass is 10.1. The van der Waals surface area contributed by atoms with Crippen LogP contribution in [0.4, 0.5) is 23.2 Å². The zero-order valence-corrected chi connectivity index (χ0v) is 15.0. The Labute approximate surface area is 158 Å².